The highest BCUT2D eigenvalue weighted by Gasteiger charge is 2.32. The summed E-state index contributed by atoms with van der Waals surface area (Å²) in [5.74, 6) is 0.804. The number of aromatic nitrogens is 4. The number of esters is 1. The number of methoxy groups -OCH3 is 1. The van der Waals surface area contributed by atoms with Crippen molar-refractivity contribution >= 4 is 22.8 Å². The minimum atomic E-state index is -0.220. The first-order chi connectivity index (χ1) is 10.1. The Bertz CT molecular complexity index is 683. The maximum absolute atomic E-state index is 11.8. The summed E-state index contributed by atoms with van der Waals surface area (Å²) in [5, 5.41) is 4.88. The normalized spacial score (nSPS) is 19.2. The minimum absolute atomic E-state index is 0.206. The SMILES string of the molecule is COC(=O)C1CCCN1Cc1nc(N)c2cnn(C)c2n1. The zero-order valence-electron chi connectivity index (χ0n) is 12.1. The van der Waals surface area contributed by atoms with E-state index < -0.39 is 0 Å². The van der Waals surface area contributed by atoms with Gasteiger partial charge in [-0.1, -0.05) is 0 Å². The molecule has 21 heavy (non-hydrogen) atoms. The van der Waals surface area contributed by atoms with Gasteiger partial charge in [-0.05, 0) is 19.4 Å². The van der Waals surface area contributed by atoms with Gasteiger partial charge in [0, 0.05) is 7.05 Å². The zero-order chi connectivity index (χ0) is 15.0. The van der Waals surface area contributed by atoms with Crippen LogP contribution in [0.4, 0.5) is 5.82 Å². The van der Waals surface area contributed by atoms with E-state index in [0.717, 1.165) is 24.8 Å². The number of carbonyl (C=O) groups is 1. The van der Waals surface area contributed by atoms with Crippen molar-refractivity contribution < 1.29 is 9.53 Å². The fraction of sp³-hybridized carbons (Fsp3) is 0.538. The number of hydrogen-bond acceptors (Lipinski definition) is 7. The van der Waals surface area contributed by atoms with Crippen LogP contribution in [0.2, 0.25) is 0 Å². The molecule has 0 spiro atoms. The smallest absolute Gasteiger partial charge is 0.323 e. The topological polar surface area (TPSA) is 99.2 Å². The lowest BCUT2D eigenvalue weighted by molar-refractivity contribution is -0.146. The summed E-state index contributed by atoms with van der Waals surface area (Å²) in [7, 11) is 3.22. The number of hydrogen-bond donors (Lipinski definition) is 1. The summed E-state index contributed by atoms with van der Waals surface area (Å²) in [4.78, 5) is 22.6. The lowest BCUT2D eigenvalue weighted by Crippen LogP contribution is -2.36. The first-order valence-electron chi connectivity index (χ1n) is 6.86. The molecular weight excluding hydrogens is 272 g/mol. The van der Waals surface area contributed by atoms with E-state index in [4.69, 9.17) is 10.5 Å². The maximum Gasteiger partial charge on any atom is 0.323 e. The quantitative estimate of drug-likeness (QED) is 0.799. The van der Waals surface area contributed by atoms with Crippen molar-refractivity contribution in [2.75, 3.05) is 19.4 Å². The second-order valence-electron chi connectivity index (χ2n) is 5.18. The molecule has 3 heterocycles. The van der Waals surface area contributed by atoms with E-state index in [-0.39, 0.29) is 12.0 Å². The first-order valence-corrected chi connectivity index (χ1v) is 6.86. The highest BCUT2D eigenvalue weighted by atomic mass is 16.5. The van der Waals surface area contributed by atoms with Gasteiger partial charge < -0.3 is 10.5 Å². The standard InChI is InChI=1S/C13H18N6O2/c1-18-12-8(6-15-18)11(14)16-10(17-12)7-19-5-3-4-9(19)13(20)21-2/h6,9H,3-5,7H2,1-2H3,(H2,14,16,17). The van der Waals surface area contributed by atoms with Crippen molar-refractivity contribution in [3.05, 3.63) is 12.0 Å². The summed E-state index contributed by atoms with van der Waals surface area (Å²) >= 11 is 0. The highest BCUT2D eigenvalue weighted by molar-refractivity contribution is 5.84. The van der Waals surface area contributed by atoms with E-state index in [0.29, 0.717) is 23.8 Å². The Hall–Kier alpha value is -2.22. The van der Waals surface area contributed by atoms with E-state index in [9.17, 15) is 4.79 Å². The predicted molar refractivity (Wildman–Crippen MR) is 76.2 cm³/mol. The molecule has 8 nitrogen and oxygen atoms in total. The van der Waals surface area contributed by atoms with E-state index in [1.165, 1.54) is 7.11 Å². The summed E-state index contributed by atoms with van der Waals surface area (Å²) in [6.07, 6.45) is 3.42. The molecular formula is C13H18N6O2. The largest absolute Gasteiger partial charge is 0.468 e. The van der Waals surface area contributed by atoms with Crippen LogP contribution in [0.1, 0.15) is 18.7 Å². The van der Waals surface area contributed by atoms with Gasteiger partial charge in [-0.15, -0.1) is 0 Å². The molecule has 0 amide bonds. The first kappa shape index (κ1) is 13.7. The summed E-state index contributed by atoms with van der Waals surface area (Å²) in [5.41, 5.74) is 6.65. The minimum Gasteiger partial charge on any atom is -0.468 e. The van der Waals surface area contributed by atoms with Crippen LogP contribution in [-0.2, 0) is 23.1 Å². The average Bonchev–Trinajstić information content (AvgIpc) is 3.06. The van der Waals surface area contributed by atoms with Gasteiger partial charge in [-0.3, -0.25) is 14.4 Å². The average molecular weight is 290 g/mol. The third-order valence-corrected chi connectivity index (χ3v) is 3.85. The molecule has 0 radical (unpaired) electrons. The molecule has 1 saturated heterocycles. The van der Waals surface area contributed by atoms with Crippen LogP contribution in [-0.4, -0.2) is 50.3 Å². The van der Waals surface area contributed by atoms with Crippen molar-refractivity contribution in [3.8, 4) is 0 Å². The third kappa shape index (κ3) is 2.42. The molecule has 1 aliphatic heterocycles. The van der Waals surface area contributed by atoms with Gasteiger partial charge in [0.2, 0.25) is 0 Å². The van der Waals surface area contributed by atoms with Gasteiger partial charge in [0.15, 0.2) is 5.65 Å². The predicted octanol–water partition coefficient (Wildman–Crippen LogP) is 0.0829. The number of carbonyl (C=O) groups excluding carboxylic acids is 1. The molecule has 1 fully saturated rings. The van der Waals surface area contributed by atoms with Crippen LogP contribution >= 0.6 is 0 Å². The fourth-order valence-electron chi connectivity index (χ4n) is 2.76. The second kappa shape index (κ2) is 5.28. The molecule has 112 valence electrons. The molecule has 0 aliphatic carbocycles. The molecule has 1 unspecified atom stereocenters. The summed E-state index contributed by atoms with van der Waals surface area (Å²) < 4.78 is 6.51. The molecule has 0 saturated carbocycles. The molecule has 2 aromatic rings. The molecule has 1 aliphatic rings. The number of anilines is 1. The van der Waals surface area contributed by atoms with Gasteiger partial charge >= 0.3 is 5.97 Å². The van der Waals surface area contributed by atoms with E-state index in [2.05, 4.69) is 15.1 Å². The fourth-order valence-corrected chi connectivity index (χ4v) is 2.76. The summed E-state index contributed by atoms with van der Waals surface area (Å²) in [6, 6.07) is -0.220. The Morgan fingerprint density at radius 2 is 2.33 bits per heavy atom. The lowest BCUT2D eigenvalue weighted by Gasteiger charge is -2.21. The van der Waals surface area contributed by atoms with Crippen molar-refractivity contribution in [3.63, 3.8) is 0 Å². The van der Waals surface area contributed by atoms with Crippen LogP contribution in [0.15, 0.2) is 6.20 Å². The van der Waals surface area contributed by atoms with Crippen LogP contribution < -0.4 is 5.73 Å². The maximum atomic E-state index is 11.8. The molecule has 8 heteroatoms. The Balaban J connectivity index is 1.87. The summed E-state index contributed by atoms with van der Waals surface area (Å²) in [6.45, 7) is 1.30. The van der Waals surface area contributed by atoms with Crippen LogP contribution in [0.25, 0.3) is 11.0 Å². The van der Waals surface area contributed by atoms with Gasteiger partial charge in [-0.2, -0.15) is 5.10 Å². The van der Waals surface area contributed by atoms with Crippen LogP contribution in [0.5, 0.6) is 0 Å². The number of aryl methyl sites for hydroxylation is 1. The molecule has 0 bridgehead atoms. The zero-order valence-corrected chi connectivity index (χ0v) is 12.1. The molecule has 0 aromatic carbocycles. The van der Waals surface area contributed by atoms with Crippen LogP contribution in [0.3, 0.4) is 0 Å². The number of nitrogen functional groups attached to an aromatic ring is 1. The molecule has 1 atom stereocenters. The van der Waals surface area contributed by atoms with Crippen LogP contribution in [0, 0.1) is 0 Å². The van der Waals surface area contributed by atoms with Gasteiger partial charge in [0.1, 0.15) is 17.7 Å². The number of likely N-dealkylation sites (tertiary alicyclic amines) is 1. The molecule has 2 aromatic heterocycles. The Kier molecular flexibility index (Phi) is 3.46. The monoisotopic (exact) mass is 290 g/mol. The van der Waals surface area contributed by atoms with E-state index >= 15 is 0 Å². The van der Waals surface area contributed by atoms with Crippen molar-refractivity contribution in [2.24, 2.45) is 7.05 Å². The lowest BCUT2D eigenvalue weighted by atomic mass is 10.2. The van der Waals surface area contributed by atoms with Gasteiger partial charge in [0.05, 0.1) is 25.2 Å². The molecule has 3 rings (SSSR count). The van der Waals surface area contributed by atoms with E-state index in [1.54, 1.807) is 10.9 Å². The second-order valence-corrected chi connectivity index (χ2v) is 5.18. The molecule has 2 N–H and O–H groups in total. The third-order valence-electron chi connectivity index (χ3n) is 3.85. The van der Waals surface area contributed by atoms with Crippen molar-refractivity contribution in [2.45, 2.75) is 25.4 Å². The Morgan fingerprint density at radius 1 is 1.52 bits per heavy atom. The Labute approximate surface area is 121 Å². The number of nitrogens with zero attached hydrogens (tertiary/aromatic N) is 5. The van der Waals surface area contributed by atoms with E-state index in [1.807, 2.05) is 11.9 Å². The number of nitrogens with two attached hydrogens (primary N) is 1. The van der Waals surface area contributed by atoms with Crippen molar-refractivity contribution in [1.29, 1.82) is 0 Å². The van der Waals surface area contributed by atoms with Gasteiger partial charge in [-0.25, -0.2) is 9.97 Å². The number of rotatable bonds is 3. The highest BCUT2D eigenvalue weighted by Crippen LogP contribution is 2.22. The Morgan fingerprint density at radius 3 is 3.10 bits per heavy atom. The number of ether oxygens (including phenoxy) is 1. The van der Waals surface area contributed by atoms with Crippen molar-refractivity contribution in [1.82, 2.24) is 24.6 Å². The van der Waals surface area contributed by atoms with Gasteiger partial charge in [0.25, 0.3) is 0 Å². The number of fused-ring (bicyclic) bond motifs is 1.